The number of hydrogen-bond donors (Lipinski definition) is 4. The van der Waals surface area contributed by atoms with Crippen LogP contribution in [0.5, 0.6) is 0 Å². The average Bonchev–Trinajstić information content (AvgIpc) is 2.54. The Morgan fingerprint density at radius 3 is 2.35 bits per heavy atom. The minimum absolute atomic E-state index is 0.175. The molecule has 6 nitrogen and oxygen atoms in total. The van der Waals surface area contributed by atoms with E-state index >= 15 is 0 Å². The number of rotatable bonds is 10. The van der Waals surface area contributed by atoms with E-state index in [1.54, 1.807) is 12.1 Å². The maximum atomic E-state index is 12.2. The molecule has 1 aromatic carbocycles. The van der Waals surface area contributed by atoms with Crippen molar-refractivity contribution in [2.24, 2.45) is 0 Å². The number of nitrogens with one attached hydrogen (secondary N) is 2. The third kappa shape index (κ3) is 6.38. The van der Waals surface area contributed by atoms with E-state index < -0.39 is 24.0 Å². The van der Waals surface area contributed by atoms with Crippen molar-refractivity contribution >= 4 is 11.9 Å². The number of carboxylic acids is 1. The van der Waals surface area contributed by atoms with Gasteiger partial charge in [0.25, 0.3) is 5.91 Å². The average molecular weight is 322 g/mol. The Labute approximate surface area is 136 Å². The number of aliphatic hydroxyl groups is 1. The summed E-state index contributed by atoms with van der Waals surface area (Å²) < 4.78 is 0. The van der Waals surface area contributed by atoms with Gasteiger partial charge in [-0.1, -0.05) is 50.6 Å². The van der Waals surface area contributed by atoms with Crippen molar-refractivity contribution in [3.05, 3.63) is 35.9 Å². The van der Waals surface area contributed by atoms with Crippen molar-refractivity contribution in [2.45, 2.75) is 51.3 Å². The highest BCUT2D eigenvalue weighted by Gasteiger charge is 2.28. The normalized spacial score (nSPS) is 14.7. The number of aliphatic hydroxyl groups excluding tert-OH is 1. The molecule has 1 aromatic rings. The van der Waals surface area contributed by atoms with Gasteiger partial charge in [0.15, 0.2) is 0 Å². The highest BCUT2D eigenvalue weighted by molar-refractivity contribution is 5.86. The number of benzene rings is 1. The molecule has 0 saturated heterocycles. The first-order valence-corrected chi connectivity index (χ1v) is 7.98. The van der Waals surface area contributed by atoms with Crippen molar-refractivity contribution in [3.63, 3.8) is 0 Å². The van der Waals surface area contributed by atoms with E-state index in [-0.39, 0.29) is 12.5 Å². The molecular formula is C17H26N2O4. The highest BCUT2D eigenvalue weighted by Crippen LogP contribution is 2.06. The predicted octanol–water partition coefficient (Wildman–Crippen LogP) is 0.938. The van der Waals surface area contributed by atoms with Crippen LogP contribution in [0.15, 0.2) is 30.3 Å². The summed E-state index contributed by atoms with van der Waals surface area (Å²) in [5.74, 6) is -1.78. The van der Waals surface area contributed by atoms with Crippen molar-refractivity contribution in [1.29, 1.82) is 0 Å². The molecule has 3 atom stereocenters. The van der Waals surface area contributed by atoms with Gasteiger partial charge in [-0.3, -0.25) is 4.79 Å². The van der Waals surface area contributed by atoms with Crippen LogP contribution in [0.1, 0.15) is 32.3 Å². The van der Waals surface area contributed by atoms with Crippen LogP contribution in [0.3, 0.4) is 0 Å². The molecule has 0 fully saturated rings. The Morgan fingerprint density at radius 1 is 1.17 bits per heavy atom. The molecule has 1 amide bonds. The largest absolute Gasteiger partial charge is 0.480 e. The number of aliphatic carboxylic acids is 1. The molecular weight excluding hydrogens is 296 g/mol. The van der Waals surface area contributed by atoms with Crippen LogP contribution in [0.25, 0.3) is 0 Å². The molecule has 128 valence electrons. The molecule has 23 heavy (non-hydrogen) atoms. The van der Waals surface area contributed by atoms with Gasteiger partial charge in [0.05, 0.1) is 0 Å². The Kier molecular flexibility index (Phi) is 8.29. The van der Waals surface area contributed by atoms with Gasteiger partial charge in [-0.2, -0.15) is 0 Å². The first-order chi connectivity index (χ1) is 11.0. The number of carboxylic acid groups (broad SMARTS) is 1. The smallest absolute Gasteiger partial charge is 0.326 e. The maximum Gasteiger partial charge on any atom is 0.326 e. The van der Waals surface area contributed by atoms with Gasteiger partial charge >= 0.3 is 5.97 Å². The Morgan fingerprint density at radius 2 is 1.83 bits per heavy atom. The fourth-order valence-corrected chi connectivity index (χ4v) is 2.43. The summed E-state index contributed by atoms with van der Waals surface area (Å²) in [6, 6.07) is 7.63. The first-order valence-electron chi connectivity index (χ1n) is 7.98. The molecule has 0 aromatic heterocycles. The molecule has 0 spiro atoms. The summed E-state index contributed by atoms with van der Waals surface area (Å²) in [4.78, 5) is 23.5. The zero-order chi connectivity index (χ0) is 17.2. The standard InChI is InChI=1S/C17H26N2O4/c1-3-8-13(18-4-2)15(20)16(21)19-14(17(22)23)11-12-9-6-5-7-10-12/h5-7,9-10,13-15,18,20H,3-4,8,11H2,1-2H3,(H,19,21)(H,22,23). The molecule has 3 unspecified atom stereocenters. The number of amides is 1. The van der Waals surface area contributed by atoms with Gasteiger partial charge in [-0.25, -0.2) is 4.79 Å². The summed E-state index contributed by atoms with van der Waals surface area (Å²) in [7, 11) is 0. The van der Waals surface area contributed by atoms with E-state index in [0.29, 0.717) is 13.0 Å². The second-order valence-corrected chi connectivity index (χ2v) is 5.49. The number of carbonyl (C=O) groups excluding carboxylic acids is 1. The van der Waals surface area contributed by atoms with Crippen LogP contribution >= 0.6 is 0 Å². The Balaban J connectivity index is 2.71. The molecule has 4 N–H and O–H groups in total. The Bertz CT molecular complexity index is 487. The van der Waals surface area contributed by atoms with Gasteiger partial charge in [0.1, 0.15) is 12.1 Å². The lowest BCUT2D eigenvalue weighted by Gasteiger charge is -2.24. The number of carbonyl (C=O) groups is 2. The topological polar surface area (TPSA) is 98.7 Å². The molecule has 0 saturated carbocycles. The van der Waals surface area contributed by atoms with E-state index in [2.05, 4.69) is 10.6 Å². The lowest BCUT2D eigenvalue weighted by Crippen LogP contribution is -2.53. The summed E-state index contributed by atoms with van der Waals surface area (Å²) in [5, 5.41) is 25.0. The van der Waals surface area contributed by atoms with E-state index in [1.165, 1.54) is 0 Å². The minimum atomic E-state index is -1.27. The maximum absolute atomic E-state index is 12.2. The van der Waals surface area contributed by atoms with Crippen LogP contribution in [0.4, 0.5) is 0 Å². The van der Waals surface area contributed by atoms with E-state index in [9.17, 15) is 19.8 Å². The van der Waals surface area contributed by atoms with Crippen molar-refractivity contribution in [2.75, 3.05) is 6.54 Å². The quantitative estimate of drug-likeness (QED) is 0.514. The summed E-state index contributed by atoms with van der Waals surface area (Å²) in [6.45, 7) is 4.48. The molecule has 1 rings (SSSR count). The summed E-state index contributed by atoms with van der Waals surface area (Å²) in [5.41, 5.74) is 0.812. The molecule has 6 heteroatoms. The van der Waals surface area contributed by atoms with Gasteiger partial charge in [-0.05, 0) is 18.5 Å². The van der Waals surface area contributed by atoms with E-state index in [1.807, 2.05) is 32.0 Å². The van der Waals surface area contributed by atoms with Gasteiger partial charge in [-0.15, -0.1) is 0 Å². The number of hydrogen-bond acceptors (Lipinski definition) is 4. The van der Waals surface area contributed by atoms with Gasteiger partial charge in [0.2, 0.25) is 0 Å². The molecule has 0 aliphatic carbocycles. The SMILES string of the molecule is CCCC(NCC)C(O)C(=O)NC(Cc1ccccc1)C(=O)O. The van der Waals surface area contributed by atoms with Crippen LogP contribution in [0.2, 0.25) is 0 Å². The van der Waals surface area contributed by atoms with Crippen molar-refractivity contribution in [3.8, 4) is 0 Å². The molecule has 0 heterocycles. The van der Waals surface area contributed by atoms with Crippen LogP contribution < -0.4 is 10.6 Å². The molecule has 0 aliphatic heterocycles. The van der Waals surface area contributed by atoms with Crippen molar-refractivity contribution in [1.82, 2.24) is 10.6 Å². The fraction of sp³-hybridized carbons (Fsp3) is 0.529. The third-order valence-electron chi connectivity index (χ3n) is 3.61. The molecule has 0 radical (unpaired) electrons. The third-order valence-corrected chi connectivity index (χ3v) is 3.61. The second kappa shape index (κ2) is 9.97. The predicted molar refractivity (Wildman–Crippen MR) is 88.1 cm³/mol. The zero-order valence-corrected chi connectivity index (χ0v) is 13.7. The second-order valence-electron chi connectivity index (χ2n) is 5.49. The summed E-state index contributed by atoms with van der Waals surface area (Å²) in [6.07, 6.45) is 0.356. The highest BCUT2D eigenvalue weighted by atomic mass is 16.4. The van der Waals surface area contributed by atoms with Crippen LogP contribution in [-0.4, -0.2) is 46.8 Å². The summed E-state index contributed by atoms with van der Waals surface area (Å²) >= 11 is 0. The minimum Gasteiger partial charge on any atom is -0.480 e. The first kappa shape index (κ1) is 19.1. The zero-order valence-electron chi connectivity index (χ0n) is 13.7. The lowest BCUT2D eigenvalue weighted by molar-refractivity contribution is -0.143. The number of likely N-dealkylation sites (N-methyl/N-ethyl adjacent to an activating group) is 1. The van der Waals surface area contributed by atoms with Crippen molar-refractivity contribution < 1.29 is 19.8 Å². The Hall–Kier alpha value is -1.92. The van der Waals surface area contributed by atoms with E-state index in [4.69, 9.17) is 0 Å². The monoisotopic (exact) mass is 322 g/mol. The fourth-order valence-electron chi connectivity index (χ4n) is 2.43. The molecule has 0 bridgehead atoms. The van der Waals surface area contributed by atoms with Gasteiger partial charge < -0.3 is 20.8 Å². The van der Waals surface area contributed by atoms with Crippen LogP contribution in [0, 0.1) is 0 Å². The molecule has 0 aliphatic rings. The van der Waals surface area contributed by atoms with Crippen LogP contribution in [-0.2, 0) is 16.0 Å². The lowest BCUT2D eigenvalue weighted by atomic mass is 10.0. The van der Waals surface area contributed by atoms with Gasteiger partial charge in [0, 0.05) is 12.5 Å². The van der Waals surface area contributed by atoms with E-state index in [0.717, 1.165) is 12.0 Å².